The van der Waals surface area contributed by atoms with Crippen LogP contribution in [-0.4, -0.2) is 21.9 Å². The quantitative estimate of drug-likeness (QED) is 0.114. The Morgan fingerprint density at radius 2 is 1.84 bits per heavy atom. The lowest BCUT2D eigenvalue weighted by molar-refractivity contribution is -0.384. The van der Waals surface area contributed by atoms with Crippen LogP contribution in [0, 0.1) is 15.9 Å². The molecule has 1 aliphatic heterocycles. The van der Waals surface area contributed by atoms with Gasteiger partial charge in [-0.2, -0.15) is 0 Å². The number of benzene rings is 3. The lowest BCUT2D eigenvalue weighted by Crippen LogP contribution is -2.54. The van der Waals surface area contributed by atoms with Crippen molar-refractivity contribution < 1.29 is 23.6 Å². The third-order valence-electron chi connectivity index (χ3n) is 5.50. The molecule has 1 saturated heterocycles. The van der Waals surface area contributed by atoms with Crippen LogP contribution < -0.4 is 15.0 Å². The largest absolute Gasteiger partial charge is 0.489 e. The van der Waals surface area contributed by atoms with Crippen LogP contribution in [0.25, 0.3) is 6.08 Å². The summed E-state index contributed by atoms with van der Waals surface area (Å²) in [4.78, 5) is 37.1. The second-order valence-electron chi connectivity index (χ2n) is 7.98. The van der Waals surface area contributed by atoms with Crippen LogP contribution in [0.15, 0.2) is 85.0 Å². The number of nitro groups is 1. The highest BCUT2D eigenvalue weighted by molar-refractivity contribution is 7.80. The van der Waals surface area contributed by atoms with Crippen LogP contribution in [0.4, 0.5) is 15.8 Å². The van der Waals surface area contributed by atoms with Crippen LogP contribution in [0.3, 0.4) is 0 Å². The zero-order valence-electron chi connectivity index (χ0n) is 19.3. The summed E-state index contributed by atoms with van der Waals surface area (Å²) < 4.78 is 20.3. The van der Waals surface area contributed by atoms with Gasteiger partial charge in [-0.3, -0.25) is 25.0 Å². The Bertz CT molecular complexity index is 1450. The highest BCUT2D eigenvalue weighted by Crippen LogP contribution is 2.27. The number of carbonyl (C=O) groups excluding carboxylic acids is 2. The third-order valence-corrected chi connectivity index (χ3v) is 5.78. The smallest absolute Gasteiger partial charge is 0.270 e. The van der Waals surface area contributed by atoms with Gasteiger partial charge in [-0.15, -0.1) is 6.58 Å². The second-order valence-corrected chi connectivity index (χ2v) is 8.37. The number of amides is 2. The Morgan fingerprint density at radius 1 is 1.11 bits per heavy atom. The average molecular weight is 518 g/mol. The molecule has 186 valence electrons. The van der Waals surface area contributed by atoms with Crippen molar-refractivity contribution in [1.82, 2.24) is 5.32 Å². The van der Waals surface area contributed by atoms with Crippen molar-refractivity contribution in [1.29, 1.82) is 0 Å². The predicted octanol–water partition coefficient (Wildman–Crippen LogP) is 4.87. The molecule has 10 heteroatoms. The fourth-order valence-electron chi connectivity index (χ4n) is 3.70. The molecule has 0 atom stereocenters. The van der Waals surface area contributed by atoms with Crippen LogP contribution in [0.1, 0.15) is 16.7 Å². The first-order valence-electron chi connectivity index (χ1n) is 11.0. The maximum atomic E-state index is 14.4. The molecule has 0 aromatic heterocycles. The number of hydrogen-bond acceptors (Lipinski definition) is 6. The van der Waals surface area contributed by atoms with Crippen LogP contribution in [0.5, 0.6) is 5.75 Å². The fraction of sp³-hybridized carbons (Fsp3) is 0.0741. The SMILES string of the molecule is C=CCc1cc(/C=C2\C(=O)NC(=S)N(c3ccccc3F)C2=O)ccc1OCc1ccc([N+](=O)[O-])cc1. The number of non-ortho nitro benzene ring substituents is 1. The Morgan fingerprint density at radius 3 is 2.51 bits per heavy atom. The Kier molecular flexibility index (Phi) is 7.49. The van der Waals surface area contributed by atoms with Gasteiger partial charge < -0.3 is 4.74 Å². The molecule has 2 amide bonds. The first-order chi connectivity index (χ1) is 17.8. The normalized spacial score (nSPS) is 14.5. The van der Waals surface area contributed by atoms with Gasteiger partial charge in [0.1, 0.15) is 23.7 Å². The van der Waals surface area contributed by atoms with Crippen LogP contribution in [-0.2, 0) is 22.6 Å². The number of ether oxygens (including phenoxy) is 1. The van der Waals surface area contributed by atoms with E-state index in [9.17, 15) is 24.1 Å². The van der Waals surface area contributed by atoms with Gasteiger partial charge in [0.25, 0.3) is 17.5 Å². The Labute approximate surface area is 216 Å². The molecule has 1 heterocycles. The summed E-state index contributed by atoms with van der Waals surface area (Å²) in [5.41, 5.74) is 1.75. The molecule has 37 heavy (non-hydrogen) atoms. The first kappa shape index (κ1) is 25.4. The maximum absolute atomic E-state index is 14.4. The highest BCUT2D eigenvalue weighted by atomic mass is 32.1. The first-order valence-corrected chi connectivity index (χ1v) is 11.4. The summed E-state index contributed by atoms with van der Waals surface area (Å²) in [6.07, 6.45) is 3.53. The summed E-state index contributed by atoms with van der Waals surface area (Å²) in [5, 5.41) is 13.1. The number of nitro benzene ring substituents is 1. The number of para-hydroxylation sites is 1. The highest BCUT2D eigenvalue weighted by Gasteiger charge is 2.35. The van der Waals surface area contributed by atoms with Gasteiger partial charge in [0.05, 0.1) is 10.6 Å². The van der Waals surface area contributed by atoms with Gasteiger partial charge in [0.2, 0.25) is 0 Å². The van der Waals surface area contributed by atoms with E-state index in [1.54, 1.807) is 42.5 Å². The van der Waals surface area contributed by atoms with Crippen molar-refractivity contribution in [2.24, 2.45) is 0 Å². The lowest BCUT2D eigenvalue weighted by Gasteiger charge is -2.29. The molecule has 0 radical (unpaired) electrons. The number of rotatable bonds is 8. The summed E-state index contributed by atoms with van der Waals surface area (Å²) in [5.74, 6) is -1.54. The topological polar surface area (TPSA) is 102 Å². The molecule has 1 aliphatic rings. The Hall–Kier alpha value is -4.70. The average Bonchev–Trinajstić information content (AvgIpc) is 2.87. The van der Waals surface area contributed by atoms with Crippen molar-refractivity contribution in [3.05, 3.63) is 118 Å². The van der Waals surface area contributed by atoms with E-state index in [0.717, 1.165) is 16.0 Å². The molecule has 0 spiro atoms. The van der Waals surface area contributed by atoms with E-state index in [0.29, 0.717) is 17.7 Å². The van der Waals surface area contributed by atoms with E-state index in [-0.39, 0.29) is 28.7 Å². The van der Waals surface area contributed by atoms with Gasteiger partial charge >= 0.3 is 0 Å². The molecule has 1 fully saturated rings. The summed E-state index contributed by atoms with van der Waals surface area (Å²) >= 11 is 5.12. The summed E-state index contributed by atoms with van der Waals surface area (Å²) in [7, 11) is 0. The van der Waals surface area contributed by atoms with E-state index in [4.69, 9.17) is 17.0 Å². The standard InChI is InChI=1S/C27H20FN3O5S/c1-2-5-19-14-18(10-13-24(19)36-16-17-8-11-20(12-9-17)31(34)35)15-21-25(32)29-27(37)30(26(21)33)23-7-4-3-6-22(23)28/h2-4,6-15H,1,5,16H2,(H,29,32,37)/b21-15+. The van der Waals surface area contributed by atoms with E-state index in [1.165, 1.54) is 36.4 Å². The third kappa shape index (κ3) is 5.60. The summed E-state index contributed by atoms with van der Waals surface area (Å²) in [6, 6.07) is 16.8. The predicted molar refractivity (Wildman–Crippen MR) is 140 cm³/mol. The minimum atomic E-state index is -0.748. The molecule has 0 bridgehead atoms. The molecule has 0 aliphatic carbocycles. The lowest BCUT2D eigenvalue weighted by atomic mass is 10.0. The molecule has 0 unspecified atom stereocenters. The van der Waals surface area contributed by atoms with Crippen LogP contribution >= 0.6 is 12.2 Å². The zero-order chi connectivity index (χ0) is 26.5. The molecule has 3 aromatic carbocycles. The van der Waals surface area contributed by atoms with E-state index in [1.807, 2.05) is 0 Å². The minimum Gasteiger partial charge on any atom is -0.489 e. The number of halogens is 1. The Balaban J connectivity index is 1.59. The van der Waals surface area contributed by atoms with Gasteiger partial charge in [-0.25, -0.2) is 9.29 Å². The van der Waals surface area contributed by atoms with Crippen molar-refractivity contribution in [2.45, 2.75) is 13.0 Å². The summed E-state index contributed by atoms with van der Waals surface area (Å²) in [6.45, 7) is 3.94. The number of carbonyl (C=O) groups is 2. The monoisotopic (exact) mass is 517 g/mol. The number of anilines is 1. The fourth-order valence-corrected chi connectivity index (χ4v) is 3.97. The number of allylic oxidation sites excluding steroid dienone is 1. The maximum Gasteiger partial charge on any atom is 0.270 e. The molecule has 8 nitrogen and oxygen atoms in total. The van der Waals surface area contributed by atoms with E-state index in [2.05, 4.69) is 11.9 Å². The molecular weight excluding hydrogens is 497 g/mol. The number of hydrogen-bond donors (Lipinski definition) is 1. The van der Waals surface area contributed by atoms with Crippen molar-refractivity contribution in [3.63, 3.8) is 0 Å². The van der Waals surface area contributed by atoms with Gasteiger partial charge in [-0.05, 0) is 77.8 Å². The number of nitrogens with one attached hydrogen (secondary N) is 1. The van der Waals surface area contributed by atoms with Crippen LogP contribution in [0.2, 0.25) is 0 Å². The molecule has 1 N–H and O–H groups in total. The van der Waals surface area contributed by atoms with Crippen molar-refractivity contribution >= 4 is 46.6 Å². The van der Waals surface area contributed by atoms with E-state index >= 15 is 0 Å². The number of thiocarbonyl (C=S) groups is 1. The minimum absolute atomic E-state index is 0.0101. The molecule has 0 saturated carbocycles. The van der Waals surface area contributed by atoms with Crippen molar-refractivity contribution in [3.8, 4) is 5.75 Å². The zero-order valence-corrected chi connectivity index (χ0v) is 20.2. The molecule has 3 aromatic rings. The molecular formula is C27H20FN3O5S. The molecule has 4 rings (SSSR count). The van der Waals surface area contributed by atoms with Gasteiger partial charge in [0.15, 0.2) is 5.11 Å². The number of nitrogens with zero attached hydrogens (tertiary/aromatic N) is 2. The van der Waals surface area contributed by atoms with Gasteiger partial charge in [0, 0.05) is 12.1 Å². The second kappa shape index (κ2) is 10.9. The van der Waals surface area contributed by atoms with Crippen molar-refractivity contribution in [2.75, 3.05) is 4.90 Å². The van der Waals surface area contributed by atoms with E-state index < -0.39 is 22.6 Å². The van der Waals surface area contributed by atoms with Gasteiger partial charge in [-0.1, -0.05) is 24.3 Å².